The summed E-state index contributed by atoms with van der Waals surface area (Å²) in [5.41, 5.74) is 2.88. The van der Waals surface area contributed by atoms with Crippen molar-refractivity contribution in [1.82, 2.24) is 20.6 Å². The van der Waals surface area contributed by atoms with Crippen LogP contribution in [-0.4, -0.2) is 33.2 Å². The van der Waals surface area contributed by atoms with Gasteiger partial charge in [-0.05, 0) is 46.1 Å². The van der Waals surface area contributed by atoms with Gasteiger partial charge in [0.1, 0.15) is 0 Å². The first kappa shape index (κ1) is 18.7. The molecule has 2 N–H and O–H groups in total. The van der Waals surface area contributed by atoms with Crippen LogP contribution in [0.25, 0.3) is 0 Å². The summed E-state index contributed by atoms with van der Waals surface area (Å²) in [6, 6.07) is -0.225. The molecule has 0 aromatic carbocycles. The molecule has 1 atom stereocenters. The van der Waals surface area contributed by atoms with Crippen LogP contribution in [0.2, 0.25) is 0 Å². The molecule has 1 aromatic heterocycles. The van der Waals surface area contributed by atoms with Gasteiger partial charge >= 0.3 is 6.03 Å². The molecule has 2 rings (SSSR count). The minimum Gasteiger partial charge on any atom is -0.335 e. The number of hydrogen-bond acceptors (Lipinski definition) is 5. The van der Waals surface area contributed by atoms with Gasteiger partial charge in [-0.15, -0.1) is 0 Å². The molecule has 1 aromatic rings. The normalized spacial score (nSPS) is 16.5. The molecule has 0 spiro atoms. The second kappa shape index (κ2) is 8.46. The Bertz CT molecular complexity index is 592. The number of amides is 3. The lowest BCUT2D eigenvalue weighted by atomic mass is 9.96. The van der Waals surface area contributed by atoms with E-state index < -0.39 is 11.3 Å². The molecule has 0 unspecified atom stereocenters. The fourth-order valence-electron chi connectivity index (χ4n) is 2.69. The van der Waals surface area contributed by atoms with Crippen molar-refractivity contribution in [3.8, 4) is 0 Å². The Morgan fingerprint density at radius 2 is 1.67 bits per heavy atom. The number of imide groups is 1. The monoisotopic (exact) mass is 350 g/mol. The van der Waals surface area contributed by atoms with Crippen LogP contribution in [0.3, 0.4) is 0 Å². The summed E-state index contributed by atoms with van der Waals surface area (Å²) in [4.78, 5) is 32.9. The molecule has 1 saturated carbocycles. The predicted molar refractivity (Wildman–Crippen MR) is 95.1 cm³/mol. The van der Waals surface area contributed by atoms with Crippen molar-refractivity contribution in [2.75, 3.05) is 0 Å². The number of aromatic nitrogens is 2. The quantitative estimate of drug-likeness (QED) is 0.644. The van der Waals surface area contributed by atoms with Crippen LogP contribution in [0.5, 0.6) is 0 Å². The second-order valence-electron chi connectivity index (χ2n) is 6.36. The standard InChI is InChI=1S/C17H26N4O2S/c1-10-11(2)18-17(19-12(10)3)24-13(4)15(22)21-16(23)20-14-8-6-5-7-9-14/h13-14H,5-9H2,1-4H3,(H2,20,21,22,23)/t13-/m1/s1. The highest BCUT2D eigenvalue weighted by atomic mass is 32.2. The first-order chi connectivity index (χ1) is 11.4. The van der Waals surface area contributed by atoms with Crippen molar-refractivity contribution in [2.24, 2.45) is 0 Å². The lowest BCUT2D eigenvalue weighted by Crippen LogP contribution is -2.47. The zero-order chi connectivity index (χ0) is 17.7. The summed E-state index contributed by atoms with van der Waals surface area (Å²) in [7, 11) is 0. The highest BCUT2D eigenvalue weighted by molar-refractivity contribution is 8.00. The van der Waals surface area contributed by atoms with E-state index in [0.29, 0.717) is 5.16 Å². The third-order valence-corrected chi connectivity index (χ3v) is 5.40. The van der Waals surface area contributed by atoms with E-state index in [4.69, 9.17) is 0 Å². The number of nitrogens with zero attached hydrogens (tertiary/aromatic N) is 2. The van der Waals surface area contributed by atoms with Crippen molar-refractivity contribution in [2.45, 2.75) is 76.2 Å². The molecule has 0 saturated heterocycles. The molecular weight excluding hydrogens is 324 g/mol. The molecule has 132 valence electrons. The Morgan fingerprint density at radius 1 is 1.08 bits per heavy atom. The summed E-state index contributed by atoms with van der Waals surface area (Å²) < 4.78 is 0. The van der Waals surface area contributed by atoms with E-state index in [1.807, 2.05) is 20.8 Å². The van der Waals surface area contributed by atoms with Gasteiger partial charge < -0.3 is 5.32 Å². The zero-order valence-electron chi connectivity index (χ0n) is 14.8. The summed E-state index contributed by atoms with van der Waals surface area (Å²) in [6.07, 6.45) is 5.47. The Hall–Kier alpha value is -1.63. The molecule has 1 heterocycles. The van der Waals surface area contributed by atoms with E-state index in [-0.39, 0.29) is 11.9 Å². The van der Waals surface area contributed by atoms with E-state index in [9.17, 15) is 9.59 Å². The van der Waals surface area contributed by atoms with Crippen LogP contribution in [0.1, 0.15) is 56.0 Å². The van der Waals surface area contributed by atoms with Gasteiger partial charge in [0.15, 0.2) is 5.16 Å². The first-order valence-corrected chi connectivity index (χ1v) is 9.34. The van der Waals surface area contributed by atoms with Crippen LogP contribution >= 0.6 is 11.8 Å². The maximum atomic E-state index is 12.2. The van der Waals surface area contributed by atoms with Crippen molar-refractivity contribution >= 4 is 23.7 Å². The van der Waals surface area contributed by atoms with Crippen LogP contribution < -0.4 is 10.6 Å². The third kappa shape index (κ3) is 5.19. The minimum atomic E-state index is -0.441. The van der Waals surface area contributed by atoms with Crippen LogP contribution in [0.4, 0.5) is 4.79 Å². The Kier molecular flexibility index (Phi) is 6.60. The number of rotatable bonds is 4. The topological polar surface area (TPSA) is 84.0 Å². The molecule has 0 bridgehead atoms. The van der Waals surface area contributed by atoms with Gasteiger partial charge in [0.25, 0.3) is 0 Å². The smallest absolute Gasteiger partial charge is 0.321 e. The number of carbonyl (C=O) groups is 2. The largest absolute Gasteiger partial charge is 0.335 e. The van der Waals surface area contributed by atoms with E-state index in [1.54, 1.807) is 6.92 Å². The molecule has 6 nitrogen and oxygen atoms in total. The average molecular weight is 350 g/mol. The van der Waals surface area contributed by atoms with Crippen molar-refractivity contribution in [1.29, 1.82) is 0 Å². The van der Waals surface area contributed by atoms with Crippen LogP contribution in [0.15, 0.2) is 5.16 Å². The number of thioether (sulfide) groups is 1. The highest BCUT2D eigenvalue weighted by Gasteiger charge is 2.21. The SMILES string of the molecule is Cc1nc(S[C@H](C)C(=O)NC(=O)NC2CCCCC2)nc(C)c1C. The van der Waals surface area contributed by atoms with Gasteiger partial charge in [-0.2, -0.15) is 0 Å². The first-order valence-electron chi connectivity index (χ1n) is 8.46. The molecule has 1 aliphatic carbocycles. The molecule has 0 aliphatic heterocycles. The minimum absolute atomic E-state index is 0.181. The van der Waals surface area contributed by atoms with Gasteiger partial charge in [-0.3, -0.25) is 10.1 Å². The zero-order valence-corrected chi connectivity index (χ0v) is 15.6. The summed E-state index contributed by atoms with van der Waals surface area (Å²) in [5.74, 6) is -0.326. The molecule has 24 heavy (non-hydrogen) atoms. The maximum absolute atomic E-state index is 12.2. The van der Waals surface area contributed by atoms with E-state index in [1.165, 1.54) is 18.2 Å². The average Bonchev–Trinajstić information content (AvgIpc) is 2.53. The highest BCUT2D eigenvalue weighted by Crippen LogP contribution is 2.22. The number of nitrogens with one attached hydrogen (secondary N) is 2. The summed E-state index contributed by atoms with van der Waals surface area (Å²) in [6.45, 7) is 7.58. The molecule has 0 radical (unpaired) electrons. The van der Waals surface area contributed by atoms with Gasteiger partial charge in [0.2, 0.25) is 5.91 Å². The molecule has 7 heteroatoms. The molecule has 1 fully saturated rings. The third-order valence-electron chi connectivity index (χ3n) is 4.44. The van der Waals surface area contributed by atoms with Crippen molar-refractivity contribution in [3.63, 3.8) is 0 Å². The van der Waals surface area contributed by atoms with Gasteiger partial charge in [0.05, 0.1) is 5.25 Å². The maximum Gasteiger partial charge on any atom is 0.321 e. The number of aryl methyl sites for hydroxylation is 2. The van der Waals surface area contributed by atoms with Gasteiger partial charge in [-0.1, -0.05) is 31.0 Å². The number of hydrogen-bond donors (Lipinski definition) is 2. The fraction of sp³-hybridized carbons (Fsp3) is 0.647. The van der Waals surface area contributed by atoms with Crippen LogP contribution in [-0.2, 0) is 4.79 Å². The Morgan fingerprint density at radius 3 is 2.25 bits per heavy atom. The molecular formula is C17H26N4O2S. The lowest BCUT2D eigenvalue weighted by Gasteiger charge is -2.23. The Balaban J connectivity index is 1.86. The number of carbonyl (C=O) groups excluding carboxylic acids is 2. The van der Waals surface area contributed by atoms with Crippen molar-refractivity contribution in [3.05, 3.63) is 17.0 Å². The van der Waals surface area contributed by atoms with E-state index in [2.05, 4.69) is 20.6 Å². The van der Waals surface area contributed by atoms with Gasteiger partial charge in [-0.25, -0.2) is 14.8 Å². The number of urea groups is 1. The molecule has 1 aliphatic rings. The molecule has 3 amide bonds. The van der Waals surface area contributed by atoms with Crippen molar-refractivity contribution < 1.29 is 9.59 Å². The second-order valence-corrected chi connectivity index (χ2v) is 7.67. The predicted octanol–water partition coefficient (Wildman–Crippen LogP) is 3.04. The van der Waals surface area contributed by atoms with E-state index >= 15 is 0 Å². The lowest BCUT2D eigenvalue weighted by molar-refractivity contribution is -0.119. The Labute approximate surface area is 147 Å². The van der Waals surface area contributed by atoms with E-state index in [0.717, 1.165) is 42.6 Å². The van der Waals surface area contributed by atoms with Crippen LogP contribution in [0, 0.1) is 20.8 Å². The summed E-state index contributed by atoms with van der Waals surface area (Å²) in [5, 5.41) is 5.43. The van der Waals surface area contributed by atoms with Gasteiger partial charge in [0, 0.05) is 17.4 Å². The summed E-state index contributed by atoms with van der Waals surface area (Å²) >= 11 is 1.26. The fourth-order valence-corrected chi connectivity index (χ4v) is 3.55.